The van der Waals surface area contributed by atoms with Crippen molar-refractivity contribution in [2.45, 2.75) is 23.7 Å². The molecule has 0 amide bonds. The van der Waals surface area contributed by atoms with E-state index in [0.29, 0.717) is 5.92 Å². The van der Waals surface area contributed by atoms with Gasteiger partial charge in [-0.05, 0) is 37.3 Å². The van der Waals surface area contributed by atoms with Crippen molar-refractivity contribution in [3.8, 4) is 5.75 Å². The van der Waals surface area contributed by atoms with Gasteiger partial charge < -0.3 is 10.1 Å². The minimum Gasteiger partial charge on any atom is -0.495 e. The van der Waals surface area contributed by atoms with Gasteiger partial charge in [0.25, 0.3) is 0 Å². The number of nitrogens with one attached hydrogen (secondary N) is 1. The Kier molecular flexibility index (Phi) is 4.13. The smallest absolute Gasteiger partial charge is 0.135 e. The van der Waals surface area contributed by atoms with Crippen molar-refractivity contribution >= 4 is 11.8 Å². The first-order valence-corrected chi connectivity index (χ1v) is 7.01. The summed E-state index contributed by atoms with van der Waals surface area (Å²) in [5.41, 5.74) is 1.36. The zero-order chi connectivity index (χ0) is 11.4. The fourth-order valence-electron chi connectivity index (χ4n) is 2.35. The molecule has 1 heterocycles. The van der Waals surface area contributed by atoms with E-state index in [0.717, 1.165) is 18.8 Å². The zero-order valence-corrected chi connectivity index (χ0v) is 10.8. The topological polar surface area (TPSA) is 21.3 Å². The molecule has 0 saturated carbocycles. The third-order valence-corrected chi connectivity index (χ3v) is 3.93. The number of hydrogen-bond acceptors (Lipinski definition) is 3. The van der Waals surface area contributed by atoms with Crippen LogP contribution in [-0.4, -0.2) is 26.5 Å². The van der Waals surface area contributed by atoms with E-state index in [2.05, 4.69) is 29.8 Å². The molecule has 1 unspecified atom stereocenters. The zero-order valence-electron chi connectivity index (χ0n) is 9.95. The van der Waals surface area contributed by atoms with Crippen molar-refractivity contribution < 1.29 is 4.74 Å². The summed E-state index contributed by atoms with van der Waals surface area (Å²) in [4.78, 5) is 1.24. The second kappa shape index (κ2) is 5.60. The van der Waals surface area contributed by atoms with E-state index in [9.17, 15) is 0 Å². The van der Waals surface area contributed by atoms with Crippen LogP contribution in [0, 0.1) is 0 Å². The Morgan fingerprint density at radius 2 is 2.31 bits per heavy atom. The Morgan fingerprint density at radius 3 is 2.94 bits per heavy atom. The number of piperidine rings is 1. The van der Waals surface area contributed by atoms with E-state index >= 15 is 0 Å². The normalized spacial score (nSPS) is 20.8. The molecule has 2 nitrogen and oxygen atoms in total. The van der Waals surface area contributed by atoms with Crippen LogP contribution in [0.15, 0.2) is 23.1 Å². The Balaban J connectivity index is 2.30. The van der Waals surface area contributed by atoms with Gasteiger partial charge in [0.05, 0.1) is 7.11 Å². The summed E-state index contributed by atoms with van der Waals surface area (Å²) < 4.78 is 5.57. The van der Waals surface area contributed by atoms with Gasteiger partial charge in [0.15, 0.2) is 0 Å². The molecule has 0 bridgehead atoms. The first kappa shape index (κ1) is 11.8. The molecule has 0 radical (unpaired) electrons. The van der Waals surface area contributed by atoms with E-state index in [1.165, 1.54) is 23.3 Å². The lowest BCUT2D eigenvalue weighted by Gasteiger charge is -2.25. The molecule has 1 fully saturated rings. The Labute approximate surface area is 102 Å². The summed E-state index contributed by atoms with van der Waals surface area (Å²) in [7, 11) is 1.77. The standard InChI is InChI=1S/C13H19NOS/c1-15-13-11(6-3-7-12(13)16-2)10-5-4-8-14-9-10/h3,6-7,10,14H,4-5,8-9H2,1-2H3. The summed E-state index contributed by atoms with van der Waals surface area (Å²) in [6, 6.07) is 6.47. The van der Waals surface area contributed by atoms with Crippen LogP contribution in [0.1, 0.15) is 24.3 Å². The molecular weight excluding hydrogens is 218 g/mol. The molecule has 1 aliphatic rings. The summed E-state index contributed by atoms with van der Waals surface area (Å²) in [5, 5.41) is 3.46. The van der Waals surface area contributed by atoms with Crippen LogP contribution >= 0.6 is 11.8 Å². The van der Waals surface area contributed by atoms with E-state index in [1.54, 1.807) is 18.9 Å². The van der Waals surface area contributed by atoms with E-state index < -0.39 is 0 Å². The first-order chi connectivity index (χ1) is 7.86. The van der Waals surface area contributed by atoms with Crippen LogP contribution in [0.5, 0.6) is 5.75 Å². The van der Waals surface area contributed by atoms with Gasteiger partial charge >= 0.3 is 0 Å². The summed E-state index contributed by atoms with van der Waals surface area (Å²) in [6.45, 7) is 2.23. The maximum Gasteiger partial charge on any atom is 0.135 e. The van der Waals surface area contributed by atoms with Crippen molar-refractivity contribution in [1.82, 2.24) is 5.32 Å². The molecule has 0 aromatic heterocycles. The quantitative estimate of drug-likeness (QED) is 0.817. The average molecular weight is 237 g/mol. The Morgan fingerprint density at radius 1 is 1.44 bits per heavy atom. The molecule has 88 valence electrons. The highest BCUT2D eigenvalue weighted by atomic mass is 32.2. The minimum atomic E-state index is 0.607. The van der Waals surface area contributed by atoms with Crippen LogP contribution < -0.4 is 10.1 Å². The predicted molar refractivity (Wildman–Crippen MR) is 69.6 cm³/mol. The highest BCUT2D eigenvalue weighted by Crippen LogP contribution is 2.37. The van der Waals surface area contributed by atoms with Crippen LogP contribution in [-0.2, 0) is 0 Å². The van der Waals surface area contributed by atoms with Gasteiger partial charge in [-0.3, -0.25) is 0 Å². The maximum atomic E-state index is 5.57. The number of hydrogen-bond donors (Lipinski definition) is 1. The predicted octanol–water partition coefficient (Wildman–Crippen LogP) is 2.88. The van der Waals surface area contributed by atoms with Gasteiger partial charge in [-0.15, -0.1) is 11.8 Å². The number of rotatable bonds is 3. The molecule has 16 heavy (non-hydrogen) atoms. The summed E-state index contributed by atoms with van der Waals surface area (Å²) >= 11 is 1.75. The van der Waals surface area contributed by atoms with Gasteiger partial charge in [0.2, 0.25) is 0 Å². The molecular formula is C13H19NOS. The van der Waals surface area contributed by atoms with Gasteiger partial charge in [-0.1, -0.05) is 12.1 Å². The lowest BCUT2D eigenvalue weighted by molar-refractivity contribution is 0.383. The van der Waals surface area contributed by atoms with Gasteiger partial charge in [0, 0.05) is 17.4 Å². The van der Waals surface area contributed by atoms with Gasteiger partial charge in [-0.2, -0.15) is 0 Å². The molecule has 0 spiro atoms. The second-order valence-corrected chi connectivity index (χ2v) is 4.97. The van der Waals surface area contributed by atoms with Crippen molar-refractivity contribution in [3.63, 3.8) is 0 Å². The minimum absolute atomic E-state index is 0.607. The number of para-hydroxylation sites is 1. The van der Waals surface area contributed by atoms with Gasteiger partial charge in [0.1, 0.15) is 5.75 Å². The molecule has 1 N–H and O–H groups in total. The number of methoxy groups -OCH3 is 1. The monoisotopic (exact) mass is 237 g/mol. The molecule has 1 aliphatic heterocycles. The third kappa shape index (κ3) is 2.36. The number of thioether (sulfide) groups is 1. The van der Waals surface area contributed by atoms with Gasteiger partial charge in [-0.25, -0.2) is 0 Å². The van der Waals surface area contributed by atoms with Crippen LogP contribution in [0.4, 0.5) is 0 Å². The first-order valence-electron chi connectivity index (χ1n) is 5.78. The molecule has 2 rings (SSSR count). The molecule has 1 aromatic carbocycles. The van der Waals surface area contributed by atoms with Crippen molar-refractivity contribution in [1.29, 1.82) is 0 Å². The second-order valence-electron chi connectivity index (χ2n) is 4.13. The molecule has 1 aromatic rings. The van der Waals surface area contributed by atoms with Crippen LogP contribution in [0.3, 0.4) is 0 Å². The van der Waals surface area contributed by atoms with Crippen LogP contribution in [0.2, 0.25) is 0 Å². The van der Waals surface area contributed by atoms with Crippen LogP contribution in [0.25, 0.3) is 0 Å². The van der Waals surface area contributed by atoms with E-state index in [4.69, 9.17) is 4.74 Å². The highest BCUT2D eigenvalue weighted by molar-refractivity contribution is 7.98. The largest absolute Gasteiger partial charge is 0.495 e. The van der Waals surface area contributed by atoms with Crippen molar-refractivity contribution in [3.05, 3.63) is 23.8 Å². The fourth-order valence-corrected chi connectivity index (χ4v) is 2.95. The highest BCUT2D eigenvalue weighted by Gasteiger charge is 2.20. The van der Waals surface area contributed by atoms with Crippen molar-refractivity contribution in [2.75, 3.05) is 26.5 Å². The SMILES string of the molecule is COc1c(SC)cccc1C1CCCNC1. The summed E-state index contributed by atoms with van der Waals surface area (Å²) in [6.07, 6.45) is 4.62. The third-order valence-electron chi connectivity index (χ3n) is 3.17. The maximum absolute atomic E-state index is 5.57. The number of ether oxygens (including phenoxy) is 1. The molecule has 1 saturated heterocycles. The van der Waals surface area contributed by atoms with Crippen molar-refractivity contribution in [2.24, 2.45) is 0 Å². The lowest BCUT2D eigenvalue weighted by Crippen LogP contribution is -2.28. The van der Waals surface area contributed by atoms with E-state index in [-0.39, 0.29) is 0 Å². The Hall–Kier alpha value is -0.670. The molecule has 1 atom stereocenters. The Bertz CT molecular complexity index is 348. The molecule has 3 heteroatoms. The van der Waals surface area contributed by atoms with E-state index in [1.807, 2.05) is 0 Å². The number of benzene rings is 1. The summed E-state index contributed by atoms with van der Waals surface area (Å²) in [5.74, 6) is 1.68. The fraction of sp³-hybridized carbons (Fsp3) is 0.538. The molecule has 0 aliphatic carbocycles. The lowest BCUT2D eigenvalue weighted by atomic mass is 9.91. The average Bonchev–Trinajstić information content (AvgIpc) is 2.38.